The molecule has 1 aromatic carbocycles. The van der Waals surface area contributed by atoms with Crippen LogP contribution in [0.3, 0.4) is 0 Å². The molecule has 0 saturated carbocycles. The highest BCUT2D eigenvalue weighted by Gasteiger charge is 2.25. The predicted octanol–water partition coefficient (Wildman–Crippen LogP) is 3.22. The second-order valence-electron chi connectivity index (χ2n) is 6.88. The molecular formula is C17H20ClN3O5S2. The highest BCUT2D eigenvalue weighted by atomic mass is 35.5. The summed E-state index contributed by atoms with van der Waals surface area (Å²) < 4.78 is 32.3. The molecule has 0 bridgehead atoms. The smallest absolute Gasteiger partial charge is 0.350 e. The molecule has 8 nitrogen and oxygen atoms in total. The molecule has 28 heavy (non-hydrogen) atoms. The molecule has 0 saturated heterocycles. The molecule has 2 rings (SSSR count). The van der Waals surface area contributed by atoms with Gasteiger partial charge in [-0.05, 0) is 45.9 Å². The SMILES string of the molecule is COC(=O)c1sc(NC(=O)c2ccc(Cl)c(S(=O)(=O)NC(C)(C)C)c2)nc1C. The van der Waals surface area contributed by atoms with Gasteiger partial charge in [-0.15, -0.1) is 0 Å². The number of aromatic nitrogens is 1. The van der Waals surface area contributed by atoms with Crippen molar-refractivity contribution in [2.75, 3.05) is 12.4 Å². The van der Waals surface area contributed by atoms with Crippen LogP contribution in [-0.2, 0) is 14.8 Å². The van der Waals surface area contributed by atoms with Gasteiger partial charge in [-0.1, -0.05) is 22.9 Å². The molecule has 0 radical (unpaired) electrons. The maximum Gasteiger partial charge on any atom is 0.350 e. The Labute approximate surface area is 172 Å². The van der Waals surface area contributed by atoms with E-state index in [9.17, 15) is 18.0 Å². The van der Waals surface area contributed by atoms with Crippen LogP contribution in [0.1, 0.15) is 46.5 Å². The average Bonchev–Trinajstić information content (AvgIpc) is 2.92. The zero-order valence-electron chi connectivity index (χ0n) is 15.9. The van der Waals surface area contributed by atoms with Crippen molar-refractivity contribution in [3.8, 4) is 0 Å². The Bertz CT molecular complexity index is 1030. The van der Waals surface area contributed by atoms with E-state index in [0.29, 0.717) is 5.69 Å². The number of halogens is 1. The lowest BCUT2D eigenvalue weighted by Gasteiger charge is -2.21. The summed E-state index contributed by atoms with van der Waals surface area (Å²) in [5.74, 6) is -1.14. The summed E-state index contributed by atoms with van der Waals surface area (Å²) in [5, 5.41) is 2.73. The number of esters is 1. The summed E-state index contributed by atoms with van der Waals surface area (Å²) in [7, 11) is -2.68. The van der Waals surface area contributed by atoms with Crippen LogP contribution in [0.25, 0.3) is 0 Å². The van der Waals surface area contributed by atoms with Crippen LogP contribution in [-0.4, -0.2) is 37.9 Å². The molecule has 1 aromatic heterocycles. The third-order valence-electron chi connectivity index (χ3n) is 3.31. The van der Waals surface area contributed by atoms with Crippen molar-refractivity contribution < 1.29 is 22.7 Å². The second-order valence-corrected chi connectivity index (χ2v) is 9.94. The zero-order chi connectivity index (χ0) is 21.3. The van der Waals surface area contributed by atoms with Gasteiger partial charge in [-0.2, -0.15) is 0 Å². The van der Waals surface area contributed by atoms with Gasteiger partial charge >= 0.3 is 5.97 Å². The Kier molecular flexibility index (Phi) is 6.49. The summed E-state index contributed by atoms with van der Waals surface area (Å²) >= 11 is 7.00. The van der Waals surface area contributed by atoms with Crippen LogP contribution in [0.2, 0.25) is 5.02 Å². The number of sulfonamides is 1. The fraction of sp³-hybridized carbons (Fsp3) is 0.353. The third-order valence-corrected chi connectivity index (χ3v) is 6.60. The minimum absolute atomic E-state index is 0.00799. The maximum atomic E-state index is 12.6. The summed E-state index contributed by atoms with van der Waals surface area (Å²) in [5.41, 5.74) is -0.226. The second kappa shape index (κ2) is 8.16. The first-order valence-electron chi connectivity index (χ1n) is 8.04. The molecule has 0 aliphatic heterocycles. The quantitative estimate of drug-likeness (QED) is 0.683. The normalized spacial score (nSPS) is 11.9. The van der Waals surface area contributed by atoms with Gasteiger partial charge in [0.15, 0.2) is 5.13 Å². The molecule has 2 N–H and O–H groups in total. The van der Waals surface area contributed by atoms with Gasteiger partial charge in [0.1, 0.15) is 9.77 Å². The molecule has 2 aromatic rings. The Morgan fingerprint density at radius 1 is 1.25 bits per heavy atom. The molecule has 152 valence electrons. The van der Waals surface area contributed by atoms with Crippen molar-refractivity contribution in [2.24, 2.45) is 0 Å². The number of nitrogens with zero attached hydrogens (tertiary/aromatic N) is 1. The van der Waals surface area contributed by atoms with Crippen molar-refractivity contribution in [3.63, 3.8) is 0 Å². The highest BCUT2D eigenvalue weighted by molar-refractivity contribution is 7.89. The van der Waals surface area contributed by atoms with Crippen molar-refractivity contribution in [2.45, 2.75) is 38.1 Å². The molecule has 11 heteroatoms. The lowest BCUT2D eigenvalue weighted by molar-refractivity contribution is 0.0605. The number of nitrogens with one attached hydrogen (secondary N) is 2. The summed E-state index contributed by atoms with van der Waals surface area (Å²) in [4.78, 5) is 28.4. The molecule has 0 unspecified atom stereocenters. The third kappa shape index (κ3) is 5.28. The number of amides is 1. The fourth-order valence-electron chi connectivity index (χ4n) is 2.21. The molecular weight excluding hydrogens is 426 g/mol. The van der Waals surface area contributed by atoms with E-state index < -0.39 is 27.4 Å². The minimum Gasteiger partial charge on any atom is -0.465 e. The van der Waals surface area contributed by atoms with E-state index in [-0.39, 0.29) is 25.5 Å². The van der Waals surface area contributed by atoms with Gasteiger partial charge < -0.3 is 4.74 Å². The molecule has 0 atom stereocenters. The number of carbonyl (C=O) groups excluding carboxylic acids is 2. The number of hydrogen-bond donors (Lipinski definition) is 2. The zero-order valence-corrected chi connectivity index (χ0v) is 18.3. The Morgan fingerprint density at radius 3 is 2.46 bits per heavy atom. The molecule has 0 aliphatic rings. The largest absolute Gasteiger partial charge is 0.465 e. The lowest BCUT2D eigenvalue weighted by atomic mass is 10.1. The maximum absolute atomic E-state index is 12.6. The van der Waals surface area contributed by atoms with Gasteiger partial charge in [0.2, 0.25) is 10.0 Å². The Morgan fingerprint density at radius 2 is 1.89 bits per heavy atom. The summed E-state index contributed by atoms with van der Waals surface area (Å²) in [6, 6.07) is 3.92. The van der Waals surface area contributed by atoms with Crippen molar-refractivity contribution in [3.05, 3.63) is 39.4 Å². The number of benzene rings is 1. The van der Waals surface area contributed by atoms with Gasteiger partial charge in [0.25, 0.3) is 5.91 Å². The van der Waals surface area contributed by atoms with Crippen LogP contribution < -0.4 is 10.0 Å². The van der Waals surface area contributed by atoms with Crippen molar-refractivity contribution in [1.82, 2.24) is 9.71 Å². The van der Waals surface area contributed by atoms with E-state index in [1.807, 2.05) is 0 Å². The number of thiazole rings is 1. The van der Waals surface area contributed by atoms with Crippen molar-refractivity contribution in [1.29, 1.82) is 0 Å². The first-order chi connectivity index (χ1) is 12.8. The molecule has 0 spiro atoms. The topological polar surface area (TPSA) is 114 Å². The standard InChI is InChI=1S/C17H20ClN3O5S2/c1-9-13(15(23)26-5)27-16(19-9)20-14(22)10-6-7-11(18)12(8-10)28(24,25)21-17(2,3)4/h6-8,21H,1-5H3,(H,19,20,22). The van der Waals surface area contributed by atoms with E-state index in [1.165, 1.54) is 25.3 Å². The van der Waals surface area contributed by atoms with Crippen molar-refractivity contribution >= 4 is 50.0 Å². The van der Waals surface area contributed by atoms with Gasteiger partial charge in [0, 0.05) is 11.1 Å². The summed E-state index contributed by atoms with van der Waals surface area (Å²) in [6.45, 7) is 6.69. The monoisotopic (exact) mass is 445 g/mol. The summed E-state index contributed by atoms with van der Waals surface area (Å²) in [6.07, 6.45) is 0. The lowest BCUT2D eigenvalue weighted by Crippen LogP contribution is -2.40. The Hall–Kier alpha value is -2.01. The molecule has 1 heterocycles. The van der Waals surface area contributed by atoms with E-state index in [2.05, 4.69) is 19.8 Å². The van der Waals surface area contributed by atoms with Crippen LogP contribution in [0, 0.1) is 6.92 Å². The van der Waals surface area contributed by atoms with Gasteiger partial charge in [-0.3, -0.25) is 10.1 Å². The molecule has 1 amide bonds. The van der Waals surface area contributed by atoms with Crippen LogP contribution in [0.15, 0.2) is 23.1 Å². The fourth-order valence-corrected chi connectivity index (χ4v) is 5.03. The minimum atomic E-state index is -3.93. The highest BCUT2D eigenvalue weighted by Crippen LogP contribution is 2.26. The van der Waals surface area contributed by atoms with Gasteiger partial charge in [0.05, 0.1) is 17.8 Å². The van der Waals surface area contributed by atoms with E-state index in [1.54, 1.807) is 27.7 Å². The van der Waals surface area contributed by atoms with E-state index in [0.717, 1.165) is 11.3 Å². The Balaban J connectivity index is 2.32. The molecule has 0 fully saturated rings. The number of anilines is 1. The number of rotatable bonds is 5. The van der Waals surface area contributed by atoms with Crippen LogP contribution in [0.4, 0.5) is 5.13 Å². The number of aryl methyl sites for hydroxylation is 1. The first kappa shape index (κ1) is 22.3. The average molecular weight is 446 g/mol. The van der Waals surface area contributed by atoms with Gasteiger partial charge in [-0.25, -0.2) is 22.9 Å². The number of carbonyl (C=O) groups is 2. The van der Waals surface area contributed by atoms with Crippen LogP contribution >= 0.6 is 22.9 Å². The number of hydrogen-bond acceptors (Lipinski definition) is 7. The number of ether oxygens (including phenoxy) is 1. The first-order valence-corrected chi connectivity index (χ1v) is 10.7. The van der Waals surface area contributed by atoms with E-state index in [4.69, 9.17) is 11.6 Å². The predicted molar refractivity (Wildman–Crippen MR) is 108 cm³/mol. The molecule has 0 aliphatic carbocycles. The van der Waals surface area contributed by atoms with E-state index >= 15 is 0 Å². The number of methoxy groups -OCH3 is 1. The van der Waals surface area contributed by atoms with Crippen LogP contribution in [0.5, 0.6) is 0 Å².